The van der Waals surface area contributed by atoms with Crippen LogP contribution in [0.25, 0.3) is 0 Å². The molecule has 0 spiro atoms. The van der Waals surface area contributed by atoms with Gasteiger partial charge in [-0.15, -0.1) is 0 Å². The fourth-order valence-electron chi connectivity index (χ4n) is 1.88. The van der Waals surface area contributed by atoms with Crippen LogP contribution in [-0.4, -0.2) is 14.7 Å². The maximum atomic E-state index is 10.9. The first-order valence-electron chi connectivity index (χ1n) is 6.98. The van der Waals surface area contributed by atoms with E-state index in [1.807, 2.05) is 0 Å². The second kappa shape index (κ2) is 13.0. The van der Waals surface area contributed by atoms with Crippen LogP contribution in [0, 0.1) is 0 Å². The maximum Gasteiger partial charge on any atom is 0.360 e. The molecule has 0 saturated heterocycles. The van der Waals surface area contributed by atoms with E-state index in [0.717, 1.165) is 19.3 Å². The van der Waals surface area contributed by atoms with Gasteiger partial charge < -0.3 is 4.18 Å². The Bertz CT molecular complexity index is 231. The number of hydrogen-bond acceptors (Lipinski definition) is 3. The van der Waals surface area contributed by atoms with Gasteiger partial charge in [0.2, 0.25) is 0 Å². The van der Waals surface area contributed by atoms with Crippen molar-refractivity contribution in [3.63, 3.8) is 0 Å². The van der Waals surface area contributed by atoms with Crippen molar-refractivity contribution in [3.05, 3.63) is 0 Å². The van der Waals surface area contributed by atoms with Crippen LogP contribution in [0.2, 0.25) is 0 Å². The lowest BCUT2D eigenvalue weighted by Crippen LogP contribution is -2.05. The van der Waals surface area contributed by atoms with E-state index in [1.165, 1.54) is 44.9 Å². The third kappa shape index (κ3) is 13.6. The second-order valence-corrected chi connectivity index (χ2v) is 5.21. The number of hydrogen-bond donors (Lipinski definition) is 1. The summed E-state index contributed by atoms with van der Waals surface area (Å²) in [6.45, 7) is 2.22. The highest BCUT2D eigenvalue weighted by molar-refractivity contribution is 7.74. The number of rotatable bonds is 12. The van der Waals surface area contributed by atoms with Gasteiger partial charge in [0.05, 0.1) is 0 Å². The molecule has 0 bridgehead atoms. The summed E-state index contributed by atoms with van der Waals surface area (Å²) in [7, 11) is 0. The van der Waals surface area contributed by atoms with Crippen LogP contribution >= 0.6 is 0 Å². The van der Waals surface area contributed by atoms with Gasteiger partial charge in [-0.05, 0) is 6.42 Å². The third-order valence-corrected chi connectivity index (χ3v) is 3.23. The molecule has 0 radical (unpaired) electrons. The first kappa shape index (κ1) is 17.6. The topological polar surface area (TPSA) is 63.6 Å². The first-order chi connectivity index (χ1) is 8.66. The Balaban J connectivity index is 3.11. The molecule has 0 aromatic heterocycles. The second-order valence-electron chi connectivity index (χ2n) is 4.60. The van der Waals surface area contributed by atoms with Crippen molar-refractivity contribution < 1.29 is 17.7 Å². The zero-order valence-electron chi connectivity index (χ0n) is 11.4. The standard InChI is InChI=1S/C13H26O4S/c1-2-3-4-5-6-7-8-9-10-11-12-13(14)17-18(15)16/h2-12H2,1H3,(H,15,16). The first-order valence-corrected chi connectivity index (χ1v) is 8.02. The summed E-state index contributed by atoms with van der Waals surface area (Å²) in [6.07, 6.45) is 12.2. The molecule has 1 unspecified atom stereocenters. The monoisotopic (exact) mass is 278 g/mol. The highest BCUT2D eigenvalue weighted by atomic mass is 32.2. The van der Waals surface area contributed by atoms with Crippen LogP contribution in [0.3, 0.4) is 0 Å². The molecule has 0 aromatic rings. The van der Waals surface area contributed by atoms with Crippen molar-refractivity contribution in [3.8, 4) is 0 Å². The molecule has 0 heterocycles. The Morgan fingerprint density at radius 2 is 1.39 bits per heavy atom. The van der Waals surface area contributed by atoms with Gasteiger partial charge in [-0.3, -0.25) is 9.35 Å². The zero-order chi connectivity index (χ0) is 13.6. The van der Waals surface area contributed by atoms with Crippen LogP contribution in [0.5, 0.6) is 0 Å². The molecule has 0 amide bonds. The van der Waals surface area contributed by atoms with E-state index in [4.69, 9.17) is 4.55 Å². The highest BCUT2D eigenvalue weighted by Crippen LogP contribution is 2.11. The molecule has 0 aliphatic carbocycles. The number of carbonyl (C=O) groups is 1. The summed E-state index contributed by atoms with van der Waals surface area (Å²) in [4.78, 5) is 10.9. The van der Waals surface area contributed by atoms with Gasteiger partial charge in [0.1, 0.15) is 0 Å². The van der Waals surface area contributed by atoms with Crippen molar-refractivity contribution in [2.24, 2.45) is 0 Å². The van der Waals surface area contributed by atoms with Crippen LogP contribution in [0.4, 0.5) is 0 Å². The predicted octanol–water partition coefficient (Wildman–Crippen LogP) is 3.98. The van der Waals surface area contributed by atoms with E-state index in [0.29, 0.717) is 0 Å². The fourth-order valence-corrected chi connectivity index (χ4v) is 2.12. The van der Waals surface area contributed by atoms with Gasteiger partial charge in [0.15, 0.2) is 0 Å². The summed E-state index contributed by atoms with van der Waals surface area (Å²) >= 11 is -2.46. The molecule has 0 saturated carbocycles. The fraction of sp³-hybridized carbons (Fsp3) is 0.923. The Morgan fingerprint density at radius 1 is 0.944 bits per heavy atom. The van der Waals surface area contributed by atoms with Crippen molar-refractivity contribution >= 4 is 17.3 Å². The van der Waals surface area contributed by atoms with Crippen molar-refractivity contribution in [2.45, 2.75) is 77.6 Å². The molecular weight excluding hydrogens is 252 g/mol. The molecule has 4 nitrogen and oxygen atoms in total. The van der Waals surface area contributed by atoms with Crippen molar-refractivity contribution in [1.82, 2.24) is 0 Å². The third-order valence-electron chi connectivity index (χ3n) is 2.90. The Labute approximate surface area is 113 Å². The minimum atomic E-state index is -2.46. The van der Waals surface area contributed by atoms with Gasteiger partial charge in [0.25, 0.3) is 0 Å². The Kier molecular flexibility index (Phi) is 12.7. The SMILES string of the molecule is CCCCCCCCCCCCC(=O)OS(=O)O. The molecule has 0 aromatic carbocycles. The largest absolute Gasteiger partial charge is 0.360 e. The van der Waals surface area contributed by atoms with Crippen molar-refractivity contribution in [1.29, 1.82) is 0 Å². The lowest BCUT2D eigenvalue weighted by molar-refractivity contribution is -0.134. The van der Waals surface area contributed by atoms with Gasteiger partial charge in [-0.25, -0.2) is 0 Å². The molecule has 0 aliphatic heterocycles. The van der Waals surface area contributed by atoms with Gasteiger partial charge in [0, 0.05) is 6.42 Å². The van der Waals surface area contributed by atoms with Crippen LogP contribution in [0.15, 0.2) is 0 Å². The molecule has 1 N–H and O–H groups in total. The van der Waals surface area contributed by atoms with E-state index < -0.39 is 17.3 Å². The summed E-state index contributed by atoms with van der Waals surface area (Å²) in [6, 6.07) is 0. The Morgan fingerprint density at radius 3 is 1.83 bits per heavy atom. The lowest BCUT2D eigenvalue weighted by atomic mass is 10.1. The number of carbonyl (C=O) groups excluding carboxylic acids is 1. The van der Waals surface area contributed by atoms with Crippen LogP contribution in [-0.2, 0) is 20.3 Å². The summed E-state index contributed by atoms with van der Waals surface area (Å²) in [5.74, 6) is -0.588. The molecular formula is C13H26O4S. The lowest BCUT2D eigenvalue weighted by Gasteiger charge is -2.02. The normalized spacial score (nSPS) is 12.3. The van der Waals surface area contributed by atoms with Crippen LogP contribution in [0.1, 0.15) is 77.6 Å². The van der Waals surface area contributed by atoms with E-state index >= 15 is 0 Å². The van der Waals surface area contributed by atoms with Gasteiger partial charge in [-0.1, -0.05) is 64.7 Å². The van der Waals surface area contributed by atoms with Gasteiger partial charge in [-0.2, -0.15) is 4.21 Å². The van der Waals surface area contributed by atoms with E-state index in [9.17, 15) is 9.00 Å². The molecule has 18 heavy (non-hydrogen) atoms. The molecule has 0 fully saturated rings. The van der Waals surface area contributed by atoms with Gasteiger partial charge >= 0.3 is 17.3 Å². The highest BCUT2D eigenvalue weighted by Gasteiger charge is 2.05. The predicted molar refractivity (Wildman–Crippen MR) is 73.3 cm³/mol. The molecule has 5 heteroatoms. The summed E-state index contributed by atoms with van der Waals surface area (Å²) < 4.78 is 22.6. The zero-order valence-corrected chi connectivity index (χ0v) is 12.2. The Hall–Kier alpha value is -0.420. The average molecular weight is 278 g/mol. The minimum absolute atomic E-state index is 0.239. The molecule has 0 rings (SSSR count). The van der Waals surface area contributed by atoms with E-state index in [1.54, 1.807) is 0 Å². The smallest absolute Gasteiger partial charge is 0.343 e. The summed E-state index contributed by atoms with van der Waals surface area (Å²) in [5, 5.41) is 0. The number of unbranched alkanes of at least 4 members (excludes halogenated alkanes) is 9. The van der Waals surface area contributed by atoms with Crippen LogP contribution < -0.4 is 0 Å². The van der Waals surface area contributed by atoms with Crippen molar-refractivity contribution in [2.75, 3.05) is 0 Å². The minimum Gasteiger partial charge on any atom is -0.343 e. The summed E-state index contributed by atoms with van der Waals surface area (Å²) in [5.41, 5.74) is 0. The molecule has 0 aliphatic rings. The van der Waals surface area contributed by atoms with E-state index in [2.05, 4.69) is 11.1 Å². The average Bonchev–Trinajstić information content (AvgIpc) is 2.30. The molecule has 108 valence electrons. The quantitative estimate of drug-likeness (QED) is 0.433. The molecule has 1 atom stereocenters. The van der Waals surface area contributed by atoms with E-state index in [-0.39, 0.29) is 6.42 Å². The maximum absolute atomic E-state index is 10.9.